The van der Waals surface area contributed by atoms with E-state index >= 15 is 0 Å². The van der Waals surface area contributed by atoms with Gasteiger partial charge in [-0.1, -0.05) is 18.2 Å². The molecule has 0 aliphatic heterocycles. The highest BCUT2D eigenvalue weighted by Crippen LogP contribution is 2.31. The predicted octanol–water partition coefficient (Wildman–Crippen LogP) is 0.997. The number of carbonyl (C=O) groups excluding carboxylic acids is 1. The van der Waals surface area contributed by atoms with Crippen LogP contribution >= 0.6 is 12.6 Å². The Morgan fingerprint density at radius 2 is 1.78 bits per heavy atom. The lowest BCUT2D eigenvalue weighted by Crippen LogP contribution is -2.37. The smallest absolute Gasteiger partial charge is 0.326 e. The van der Waals surface area contributed by atoms with Crippen molar-refractivity contribution in [2.24, 2.45) is 7.05 Å². The van der Waals surface area contributed by atoms with E-state index in [1.165, 1.54) is 0 Å². The van der Waals surface area contributed by atoms with E-state index in [4.69, 9.17) is 0 Å². The number of thiol groups is 1. The van der Waals surface area contributed by atoms with Gasteiger partial charge in [-0.2, -0.15) is 17.2 Å². The van der Waals surface area contributed by atoms with Crippen LogP contribution in [0.25, 0.3) is 21.8 Å². The number of aliphatic carboxylic acids is 1. The van der Waals surface area contributed by atoms with Crippen molar-refractivity contribution in [3.05, 3.63) is 48.0 Å². The summed E-state index contributed by atoms with van der Waals surface area (Å²) < 4.78 is 33.0. The quantitative estimate of drug-likeness (QED) is 0.103. The third-order valence-electron chi connectivity index (χ3n) is 5.27. The molecule has 3 N–H and O–H groups in total. The molecule has 36 heavy (non-hydrogen) atoms. The molecule has 0 fully saturated rings. The number of aryl methyl sites for hydroxylation is 1. The Morgan fingerprint density at radius 3 is 2.33 bits per heavy atom. The number of hydrogen-bond acceptors (Lipinski definition) is 9. The molecule has 3 aromatic rings. The average Bonchev–Trinajstić information content (AvgIpc) is 2.83. The molecule has 0 saturated carbocycles. The number of amides is 1. The number of anilines is 1. The van der Waals surface area contributed by atoms with Crippen LogP contribution in [-0.2, 0) is 26.4 Å². The van der Waals surface area contributed by atoms with Crippen molar-refractivity contribution >= 4 is 62.4 Å². The number of nitrogens with one attached hydrogen (secondary N) is 2. The Kier molecular flexibility index (Phi) is 10.4. The standard InChI is InChI=1S/C22H26N4O3S.CH4O4S/c1-25(2)12-11-23-21(27)16-9-6-8-15-19(24-17(13-30)22(28)29)14-7-4-5-10-18(14)26(3)20(15)16;1-5-6(2,3)4/h4-10,17H,11-13H2,1-3H3,(H3,23,27,28,29,30);1H3,(H,2,3,4). The van der Waals surface area contributed by atoms with Gasteiger partial charge in [0.15, 0.2) is 0 Å². The number of nitrogens with zero attached hydrogens (tertiary/aromatic N) is 2. The number of hydrogen-bond donors (Lipinski definition) is 4. The maximum absolute atomic E-state index is 13.0. The van der Waals surface area contributed by atoms with Crippen LogP contribution in [0.1, 0.15) is 10.4 Å². The molecule has 0 spiro atoms. The van der Waals surface area contributed by atoms with Gasteiger partial charge in [0.25, 0.3) is 5.91 Å². The zero-order valence-corrected chi connectivity index (χ0v) is 22.1. The number of carboxylic acids is 1. The first kappa shape index (κ1) is 29.3. The van der Waals surface area contributed by atoms with Crippen LogP contribution in [0, 0.1) is 0 Å². The summed E-state index contributed by atoms with van der Waals surface area (Å²) in [5.41, 5.74) is 2.86. The monoisotopic (exact) mass is 538 g/mol. The summed E-state index contributed by atoms with van der Waals surface area (Å²) >= 11 is 4.19. The summed E-state index contributed by atoms with van der Waals surface area (Å²) in [6, 6.07) is 12.4. The highest BCUT2D eigenvalue weighted by atomic mass is 32.3. The minimum atomic E-state index is -4.41. The van der Waals surface area contributed by atoms with Gasteiger partial charge in [0, 0.05) is 24.9 Å². The summed E-state index contributed by atoms with van der Waals surface area (Å²) in [4.78, 5) is 26.6. The summed E-state index contributed by atoms with van der Waals surface area (Å²) in [6.45, 7) is 1.27. The van der Waals surface area contributed by atoms with Crippen molar-refractivity contribution in [2.75, 3.05) is 45.4 Å². The van der Waals surface area contributed by atoms with Gasteiger partial charge in [-0.3, -0.25) is 8.98 Å². The Hall–Kier alpha value is -2.97. The van der Waals surface area contributed by atoms with Gasteiger partial charge in [0.05, 0.1) is 23.6 Å². The minimum Gasteiger partial charge on any atom is -0.726 e. The fourth-order valence-corrected chi connectivity index (χ4v) is 3.78. The van der Waals surface area contributed by atoms with E-state index < -0.39 is 22.4 Å². The fraction of sp³-hybridized carbons (Fsp3) is 0.348. The van der Waals surface area contributed by atoms with Crippen LogP contribution in [0.3, 0.4) is 0 Å². The number of pyridine rings is 1. The molecule has 0 aliphatic rings. The number of rotatable bonds is 9. The van der Waals surface area contributed by atoms with Crippen molar-refractivity contribution in [1.29, 1.82) is 0 Å². The molecule has 0 aliphatic carbocycles. The first-order chi connectivity index (χ1) is 16.9. The molecule has 196 valence electrons. The highest BCUT2D eigenvalue weighted by molar-refractivity contribution is 7.80. The molecule has 13 heteroatoms. The van der Waals surface area contributed by atoms with Crippen LogP contribution in [-0.4, -0.2) is 80.9 Å². The molecule has 0 bridgehead atoms. The summed E-state index contributed by atoms with van der Waals surface area (Å²) in [5, 5.41) is 17.3. The highest BCUT2D eigenvalue weighted by Gasteiger charge is 2.26. The number of para-hydroxylation sites is 2. The zero-order valence-electron chi connectivity index (χ0n) is 20.4. The van der Waals surface area contributed by atoms with Crippen LogP contribution in [0.2, 0.25) is 0 Å². The van der Waals surface area contributed by atoms with Gasteiger partial charge < -0.3 is 25.2 Å². The largest absolute Gasteiger partial charge is 0.726 e. The first-order valence-electron chi connectivity index (χ1n) is 10.8. The number of carbonyl (C=O) groups is 2. The maximum atomic E-state index is 13.0. The Bertz CT molecular complexity index is 1350. The third-order valence-corrected chi connectivity index (χ3v) is 6.04. The van der Waals surface area contributed by atoms with Gasteiger partial charge >= 0.3 is 5.97 Å². The molecule has 3 rings (SSSR count). The molecule has 1 unspecified atom stereocenters. The van der Waals surface area contributed by atoms with Gasteiger partial charge in [-0.05, 0) is 32.3 Å². The van der Waals surface area contributed by atoms with Crippen molar-refractivity contribution in [3.63, 3.8) is 0 Å². The lowest BCUT2D eigenvalue weighted by Gasteiger charge is -2.18. The topological polar surface area (TPSA) is 152 Å². The Labute approximate surface area is 215 Å². The molecule has 1 atom stereocenters. The minimum absolute atomic E-state index is 0.136. The molecule has 1 aromatic heterocycles. The number of fused-ring (bicyclic) bond motifs is 2. The van der Waals surface area contributed by atoms with Gasteiger partial charge in [0.2, 0.25) is 21.4 Å². The molecule has 0 radical (unpaired) electrons. The number of benzene rings is 2. The maximum Gasteiger partial charge on any atom is 0.326 e. The third kappa shape index (κ3) is 7.51. The van der Waals surface area contributed by atoms with Crippen LogP contribution in [0.4, 0.5) is 5.69 Å². The SMILES string of the molecule is CN(C)CCNC(=O)c1cccc2c(NC(CS)C(=O)O)c3ccccc3[n+](C)c12.COS(=O)(=O)[O-]. The van der Waals surface area contributed by atoms with E-state index in [0.29, 0.717) is 17.8 Å². The van der Waals surface area contributed by atoms with Gasteiger partial charge in [-0.25, -0.2) is 13.2 Å². The second kappa shape index (κ2) is 12.8. The van der Waals surface area contributed by atoms with E-state index in [2.05, 4.69) is 27.4 Å². The molecular formula is C23H30N4O7S2. The van der Waals surface area contributed by atoms with E-state index in [9.17, 15) is 27.7 Å². The van der Waals surface area contributed by atoms with E-state index in [1.54, 1.807) is 6.07 Å². The van der Waals surface area contributed by atoms with E-state index in [1.807, 2.05) is 67.0 Å². The van der Waals surface area contributed by atoms with Crippen molar-refractivity contribution < 1.29 is 36.4 Å². The second-order valence-corrected chi connectivity index (χ2v) is 9.52. The average molecular weight is 539 g/mol. The van der Waals surface area contributed by atoms with Crippen molar-refractivity contribution in [1.82, 2.24) is 10.2 Å². The Morgan fingerprint density at radius 1 is 1.17 bits per heavy atom. The van der Waals surface area contributed by atoms with E-state index in [-0.39, 0.29) is 11.7 Å². The number of carboxylic acid groups (broad SMARTS) is 1. The summed E-state index contributed by atoms with van der Waals surface area (Å²) in [6.07, 6.45) is 0. The van der Waals surface area contributed by atoms with Crippen LogP contribution in [0.15, 0.2) is 42.5 Å². The molecule has 11 nitrogen and oxygen atoms in total. The Balaban J connectivity index is 0.000000678. The van der Waals surface area contributed by atoms with Crippen molar-refractivity contribution in [3.8, 4) is 0 Å². The van der Waals surface area contributed by atoms with Gasteiger partial charge in [0.1, 0.15) is 18.7 Å². The normalized spacial score (nSPS) is 12.2. The lowest BCUT2D eigenvalue weighted by molar-refractivity contribution is -0.617. The summed E-state index contributed by atoms with van der Waals surface area (Å²) in [7, 11) is 2.22. The molecule has 1 heterocycles. The number of likely N-dealkylation sites (N-methyl/N-ethyl adjacent to an activating group) is 1. The molecular weight excluding hydrogens is 508 g/mol. The first-order valence-corrected chi connectivity index (χ1v) is 12.8. The second-order valence-electron chi connectivity index (χ2n) is 8.00. The van der Waals surface area contributed by atoms with Gasteiger partial charge in [-0.15, -0.1) is 0 Å². The fourth-order valence-electron chi connectivity index (χ4n) is 3.54. The molecule has 0 saturated heterocycles. The molecule has 2 aromatic carbocycles. The zero-order chi connectivity index (χ0) is 27.0. The van der Waals surface area contributed by atoms with E-state index in [0.717, 1.165) is 35.5 Å². The number of aromatic nitrogens is 1. The van der Waals surface area contributed by atoms with Crippen molar-refractivity contribution in [2.45, 2.75) is 6.04 Å². The molecule has 1 amide bonds. The van der Waals surface area contributed by atoms with Crippen LogP contribution in [0.5, 0.6) is 0 Å². The predicted molar refractivity (Wildman–Crippen MR) is 139 cm³/mol. The summed E-state index contributed by atoms with van der Waals surface area (Å²) in [5.74, 6) is -1.01. The lowest BCUT2D eigenvalue weighted by atomic mass is 10.0. The van der Waals surface area contributed by atoms with Crippen LogP contribution < -0.4 is 15.2 Å².